The summed E-state index contributed by atoms with van der Waals surface area (Å²) in [6.07, 6.45) is 0.351. The highest BCUT2D eigenvalue weighted by molar-refractivity contribution is 5.94. The largest absolute Gasteiger partial charge is 0.391 e. The van der Waals surface area contributed by atoms with Crippen LogP contribution in [0.5, 0.6) is 0 Å². The Morgan fingerprint density at radius 2 is 1.86 bits per heavy atom. The molecule has 0 saturated carbocycles. The first-order chi connectivity index (χ1) is 16.5. The van der Waals surface area contributed by atoms with Crippen LogP contribution in [0.15, 0.2) is 54.7 Å². The van der Waals surface area contributed by atoms with Gasteiger partial charge in [0.1, 0.15) is 17.2 Å². The smallest absolute Gasteiger partial charge is 0.271 e. The molecule has 0 aliphatic heterocycles. The summed E-state index contributed by atoms with van der Waals surface area (Å²) >= 11 is 0. The van der Waals surface area contributed by atoms with E-state index in [0.717, 1.165) is 0 Å². The van der Waals surface area contributed by atoms with Crippen LogP contribution in [0.1, 0.15) is 49.2 Å². The Labute approximate surface area is 202 Å². The lowest BCUT2D eigenvalue weighted by Gasteiger charge is -2.27. The molecule has 9 heteroatoms. The van der Waals surface area contributed by atoms with Crippen molar-refractivity contribution in [1.82, 2.24) is 15.3 Å². The summed E-state index contributed by atoms with van der Waals surface area (Å²) in [7, 11) is 0. The molecule has 0 spiro atoms. The maximum atomic E-state index is 14.0. The number of carbonyl (C=O) groups excluding carboxylic acids is 2. The fraction of sp³-hybridized carbons (Fsp3) is 0.385. The van der Waals surface area contributed by atoms with Gasteiger partial charge in [-0.15, -0.1) is 0 Å². The topological polar surface area (TPSA) is 118 Å². The molecule has 7 nitrogen and oxygen atoms in total. The molecule has 4 N–H and O–H groups in total. The van der Waals surface area contributed by atoms with Gasteiger partial charge in [-0.3, -0.25) is 14.6 Å². The van der Waals surface area contributed by atoms with Gasteiger partial charge >= 0.3 is 0 Å². The fourth-order valence-electron chi connectivity index (χ4n) is 3.86. The molecule has 2 aromatic carbocycles. The number of aliphatic hydroxyl groups excluding tert-OH is 1. The number of carbonyl (C=O) groups is 2. The van der Waals surface area contributed by atoms with Gasteiger partial charge in [0.15, 0.2) is 0 Å². The van der Waals surface area contributed by atoms with Crippen molar-refractivity contribution in [2.24, 2.45) is 11.7 Å². The fourth-order valence-corrected chi connectivity index (χ4v) is 3.86. The molecule has 0 fully saturated rings. The van der Waals surface area contributed by atoms with Crippen LogP contribution in [0.2, 0.25) is 0 Å². The number of aliphatic hydroxyl groups is 1. The maximum Gasteiger partial charge on any atom is 0.271 e. The first-order valence-corrected chi connectivity index (χ1v) is 11.5. The third-order valence-electron chi connectivity index (χ3n) is 5.82. The Morgan fingerprint density at radius 3 is 2.51 bits per heavy atom. The average Bonchev–Trinajstić information content (AvgIpc) is 2.80. The number of nitrogens with one attached hydrogen (secondary N) is 1. The molecule has 1 heterocycles. The Kier molecular flexibility index (Phi) is 8.45. The lowest BCUT2D eigenvalue weighted by Crippen LogP contribution is -2.46. The molecule has 3 rings (SSSR count). The molecule has 0 bridgehead atoms. The second-order valence-electron chi connectivity index (χ2n) is 9.32. The van der Waals surface area contributed by atoms with Crippen LogP contribution in [0.4, 0.5) is 8.78 Å². The number of nitrogens with zero attached hydrogens (tertiary/aromatic N) is 2. The summed E-state index contributed by atoms with van der Waals surface area (Å²) in [5.41, 5.74) is 5.75. The van der Waals surface area contributed by atoms with Crippen molar-refractivity contribution >= 4 is 22.8 Å². The van der Waals surface area contributed by atoms with Gasteiger partial charge < -0.3 is 16.2 Å². The quantitative estimate of drug-likeness (QED) is 0.385. The van der Waals surface area contributed by atoms with Gasteiger partial charge in [-0.2, -0.15) is 0 Å². The van der Waals surface area contributed by atoms with Crippen molar-refractivity contribution < 1.29 is 23.5 Å². The summed E-state index contributed by atoms with van der Waals surface area (Å²) < 4.78 is 27.7. The van der Waals surface area contributed by atoms with Crippen molar-refractivity contribution in [3.8, 4) is 0 Å². The summed E-state index contributed by atoms with van der Waals surface area (Å²) in [6, 6.07) is 12.0. The number of fused-ring (bicyclic) bond motifs is 1. The lowest BCUT2D eigenvalue weighted by molar-refractivity contribution is -0.123. The second-order valence-corrected chi connectivity index (χ2v) is 9.32. The van der Waals surface area contributed by atoms with E-state index in [1.807, 2.05) is 0 Å². The number of amides is 2. The second kappa shape index (κ2) is 11.3. The molecule has 3 aromatic rings. The first-order valence-electron chi connectivity index (χ1n) is 11.5. The molecule has 186 valence electrons. The van der Waals surface area contributed by atoms with Gasteiger partial charge in [0.2, 0.25) is 5.91 Å². The van der Waals surface area contributed by atoms with E-state index in [0.29, 0.717) is 16.6 Å². The number of hydrogen-bond donors (Lipinski definition) is 3. The van der Waals surface area contributed by atoms with Crippen LogP contribution < -0.4 is 11.1 Å². The first kappa shape index (κ1) is 26.2. The van der Waals surface area contributed by atoms with E-state index >= 15 is 0 Å². The molecular formula is C26H30F2N4O3. The number of primary amides is 1. The predicted octanol–water partition coefficient (Wildman–Crippen LogP) is 3.49. The minimum Gasteiger partial charge on any atom is -0.391 e. The summed E-state index contributed by atoms with van der Waals surface area (Å²) in [4.78, 5) is 33.5. The molecule has 35 heavy (non-hydrogen) atoms. The van der Waals surface area contributed by atoms with E-state index < -0.39 is 41.4 Å². The van der Waals surface area contributed by atoms with Gasteiger partial charge in [0, 0.05) is 5.92 Å². The Hall–Kier alpha value is -3.46. The number of rotatable bonds is 11. The van der Waals surface area contributed by atoms with Crippen molar-refractivity contribution in [3.63, 3.8) is 0 Å². The lowest BCUT2D eigenvalue weighted by atomic mass is 9.88. The van der Waals surface area contributed by atoms with Gasteiger partial charge in [-0.05, 0) is 69.4 Å². The molecule has 2 amide bonds. The number of nitrogens with two attached hydrogens (primary N) is 1. The summed E-state index contributed by atoms with van der Waals surface area (Å²) in [5, 5.41) is 13.8. The number of hydrogen-bond acceptors (Lipinski definition) is 5. The summed E-state index contributed by atoms with van der Waals surface area (Å²) in [5.74, 6) is -2.50. The van der Waals surface area contributed by atoms with Crippen LogP contribution in [0, 0.1) is 11.7 Å². The molecule has 0 aliphatic carbocycles. The van der Waals surface area contributed by atoms with Crippen molar-refractivity contribution in [3.05, 3.63) is 71.8 Å². The molecular weight excluding hydrogens is 454 g/mol. The zero-order valence-electron chi connectivity index (χ0n) is 19.7. The predicted molar refractivity (Wildman–Crippen MR) is 129 cm³/mol. The van der Waals surface area contributed by atoms with Crippen LogP contribution in [-0.4, -0.2) is 44.7 Å². The third kappa shape index (κ3) is 7.78. The van der Waals surface area contributed by atoms with Crippen LogP contribution in [0.3, 0.4) is 0 Å². The Balaban J connectivity index is 1.81. The standard InChI is InChI=1S/C26H30F2N4O3/c1-26(2,28)11-10-17(24(29)34)14-23(33)21(13-16-6-5-7-18(27)12-16)32-25(35)22-15-30-19-8-3-4-9-20(19)31-22/h3-9,12,15,17,21,23,33H,10-11,13-14H2,1-2H3,(H2,29,34)(H,32,35)/t17-,21?,23+/m1/s1. The van der Waals surface area contributed by atoms with Crippen molar-refractivity contribution in [2.45, 2.75) is 57.3 Å². The number of para-hydroxylation sites is 2. The van der Waals surface area contributed by atoms with Gasteiger partial charge in [0.05, 0.1) is 29.4 Å². The molecule has 0 radical (unpaired) electrons. The van der Waals surface area contributed by atoms with Crippen LogP contribution in [0.25, 0.3) is 11.0 Å². The third-order valence-corrected chi connectivity index (χ3v) is 5.82. The van der Waals surface area contributed by atoms with Crippen molar-refractivity contribution in [2.75, 3.05) is 0 Å². The molecule has 1 unspecified atom stereocenters. The zero-order chi connectivity index (χ0) is 25.6. The van der Waals surface area contributed by atoms with E-state index in [9.17, 15) is 23.5 Å². The van der Waals surface area contributed by atoms with Crippen molar-refractivity contribution in [1.29, 1.82) is 0 Å². The van der Waals surface area contributed by atoms with Gasteiger partial charge in [-0.25, -0.2) is 13.8 Å². The molecule has 3 atom stereocenters. The highest BCUT2D eigenvalue weighted by atomic mass is 19.1. The molecule has 0 saturated heterocycles. The van der Waals surface area contributed by atoms with E-state index in [1.54, 1.807) is 30.3 Å². The molecule has 1 aromatic heterocycles. The Bertz CT molecular complexity index is 1180. The van der Waals surface area contributed by atoms with Crippen LogP contribution >= 0.6 is 0 Å². The monoisotopic (exact) mass is 484 g/mol. The van der Waals surface area contributed by atoms with E-state index in [4.69, 9.17) is 5.73 Å². The number of alkyl halides is 1. The highest BCUT2D eigenvalue weighted by Gasteiger charge is 2.29. The maximum absolute atomic E-state index is 14.0. The number of aromatic nitrogens is 2. The highest BCUT2D eigenvalue weighted by Crippen LogP contribution is 2.24. The zero-order valence-corrected chi connectivity index (χ0v) is 19.7. The van der Waals surface area contributed by atoms with E-state index in [-0.39, 0.29) is 31.4 Å². The van der Waals surface area contributed by atoms with E-state index in [2.05, 4.69) is 15.3 Å². The van der Waals surface area contributed by atoms with Gasteiger partial charge in [0.25, 0.3) is 5.91 Å². The number of benzene rings is 2. The van der Waals surface area contributed by atoms with E-state index in [1.165, 1.54) is 38.2 Å². The Morgan fingerprint density at radius 1 is 1.14 bits per heavy atom. The molecule has 0 aliphatic rings. The van der Waals surface area contributed by atoms with Crippen LogP contribution in [-0.2, 0) is 11.2 Å². The number of halogens is 2. The minimum absolute atomic E-state index is 0.0470. The summed E-state index contributed by atoms with van der Waals surface area (Å²) in [6.45, 7) is 2.80. The minimum atomic E-state index is -1.50. The normalized spacial score (nSPS) is 14.3. The average molecular weight is 485 g/mol. The SMILES string of the molecule is CC(C)(F)CC[C@H](C[C@H](O)C(Cc1cccc(F)c1)NC(=O)c1cnc2ccccc2n1)C(N)=O. The van der Waals surface area contributed by atoms with Gasteiger partial charge in [-0.1, -0.05) is 24.3 Å².